The molecule has 0 radical (unpaired) electrons. The lowest BCUT2D eigenvalue weighted by Crippen LogP contribution is -1.92. The van der Waals surface area contributed by atoms with Gasteiger partial charge in [0.25, 0.3) is 0 Å². The van der Waals surface area contributed by atoms with Crippen LogP contribution < -0.4 is 10.1 Å². The number of nitrogens with zero attached hydrogens (tertiary/aromatic N) is 1. The lowest BCUT2D eigenvalue weighted by molar-refractivity contribution is 0.357. The highest BCUT2D eigenvalue weighted by atomic mass is 16.5. The molecule has 1 aromatic rings. The van der Waals surface area contributed by atoms with Crippen LogP contribution in [0.5, 0.6) is 5.75 Å². The minimum atomic E-state index is 0.796. The van der Waals surface area contributed by atoms with Crippen LogP contribution >= 0.6 is 0 Å². The Morgan fingerprint density at radius 1 is 1.64 bits per heavy atom. The van der Waals surface area contributed by atoms with Gasteiger partial charge in [-0.15, -0.1) is 0 Å². The smallest absolute Gasteiger partial charge is 0.129 e. The summed E-state index contributed by atoms with van der Waals surface area (Å²) in [5.41, 5.74) is 1.21. The SMILES string of the molecule is CNc1cc2c(cn1)CCO2. The van der Waals surface area contributed by atoms with Crippen LogP contribution in [0.3, 0.4) is 0 Å². The van der Waals surface area contributed by atoms with Crippen molar-refractivity contribution in [2.75, 3.05) is 19.0 Å². The standard InChI is InChI=1S/C8H10N2O/c1-9-8-4-7-6(5-10-8)2-3-11-7/h4-5H,2-3H2,1H3,(H,9,10). The van der Waals surface area contributed by atoms with E-state index in [4.69, 9.17) is 4.74 Å². The third-order valence-electron chi connectivity index (χ3n) is 1.83. The van der Waals surface area contributed by atoms with Crippen molar-refractivity contribution >= 4 is 5.82 Å². The molecule has 0 amide bonds. The molecule has 1 aromatic heterocycles. The van der Waals surface area contributed by atoms with Crippen molar-refractivity contribution in [1.82, 2.24) is 4.98 Å². The van der Waals surface area contributed by atoms with Gasteiger partial charge in [0, 0.05) is 31.3 Å². The van der Waals surface area contributed by atoms with Gasteiger partial charge in [-0.05, 0) is 0 Å². The van der Waals surface area contributed by atoms with E-state index in [1.54, 1.807) is 0 Å². The third kappa shape index (κ3) is 1.02. The van der Waals surface area contributed by atoms with Crippen LogP contribution in [0.15, 0.2) is 12.3 Å². The average Bonchev–Trinajstić information content (AvgIpc) is 2.50. The first-order valence-corrected chi connectivity index (χ1v) is 3.69. The van der Waals surface area contributed by atoms with Crippen LogP contribution in [0, 0.1) is 0 Å². The molecule has 11 heavy (non-hydrogen) atoms. The topological polar surface area (TPSA) is 34.2 Å². The Hall–Kier alpha value is -1.25. The minimum absolute atomic E-state index is 0.796. The first-order valence-electron chi connectivity index (χ1n) is 3.69. The number of hydrogen-bond acceptors (Lipinski definition) is 3. The van der Waals surface area contributed by atoms with Gasteiger partial charge >= 0.3 is 0 Å². The molecular weight excluding hydrogens is 140 g/mol. The molecule has 0 atom stereocenters. The van der Waals surface area contributed by atoms with Gasteiger partial charge in [0.05, 0.1) is 6.61 Å². The Bertz CT molecular complexity index is 273. The summed E-state index contributed by atoms with van der Waals surface area (Å²) in [6.45, 7) is 0.796. The highest BCUT2D eigenvalue weighted by molar-refractivity contribution is 5.46. The predicted octanol–water partition coefficient (Wildman–Crippen LogP) is 1.06. The lowest BCUT2D eigenvalue weighted by Gasteiger charge is -2.01. The van der Waals surface area contributed by atoms with Crippen molar-refractivity contribution in [3.8, 4) is 5.75 Å². The van der Waals surface area contributed by atoms with E-state index in [2.05, 4.69) is 10.3 Å². The molecule has 2 heterocycles. The van der Waals surface area contributed by atoms with Gasteiger partial charge in [-0.2, -0.15) is 0 Å². The van der Waals surface area contributed by atoms with E-state index in [1.807, 2.05) is 19.3 Å². The van der Waals surface area contributed by atoms with Crippen molar-refractivity contribution in [3.63, 3.8) is 0 Å². The lowest BCUT2D eigenvalue weighted by atomic mass is 10.2. The number of rotatable bonds is 1. The molecular formula is C8H10N2O. The maximum absolute atomic E-state index is 5.36. The summed E-state index contributed by atoms with van der Waals surface area (Å²) in [5.74, 6) is 1.84. The summed E-state index contributed by atoms with van der Waals surface area (Å²) < 4.78 is 5.36. The second-order valence-corrected chi connectivity index (χ2v) is 2.53. The van der Waals surface area contributed by atoms with Crippen LogP contribution in [-0.4, -0.2) is 18.6 Å². The highest BCUT2D eigenvalue weighted by Crippen LogP contribution is 2.25. The van der Waals surface area contributed by atoms with Crippen LogP contribution in [0.4, 0.5) is 5.82 Å². The highest BCUT2D eigenvalue weighted by Gasteiger charge is 2.11. The number of pyridine rings is 1. The normalized spacial score (nSPS) is 13.9. The maximum atomic E-state index is 5.36. The molecule has 1 N–H and O–H groups in total. The fourth-order valence-electron chi connectivity index (χ4n) is 1.19. The van der Waals surface area contributed by atoms with Crippen molar-refractivity contribution in [1.29, 1.82) is 0 Å². The number of anilines is 1. The van der Waals surface area contributed by atoms with Crippen LogP contribution in [0.1, 0.15) is 5.56 Å². The largest absolute Gasteiger partial charge is 0.493 e. The molecule has 3 nitrogen and oxygen atoms in total. The van der Waals surface area contributed by atoms with E-state index >= 15 is 0 Å². The molecule has 1 aliphatic heterocycles. The first kappa shape index (κ1) is 6.46. The van der Waals surface area contributed by atoms with Gasteiger partial charge in [0.1, 0.15) is 11.6 Å². The summed E-state index contributed by atoms with van der Waals surface area (Å²) in [6, 6.07) is 1.93. The summed E-state index contributed by atoms with van der Waals surface area (Å²) in [7, 11) is 1.85. The van der Waals surface area contributed by atoms with E-state index < -0.39 is 0 Å². The zero-order valence-corrected chi connectivity index (χ0v) is 6.42. The molecule has 0 unspecified atom stereocenters. The molecule has 0 aliphatic carbocycles. The molecule has 0 saturated carbocycles. The van der Waals surface area contributed by atoms with E-state index in [-0.39, 0.29) is 0 Å². The Labute approximate surface area is 65.4 Å². The number of nitrogens with one attached hydrogen (secondary N) is 1. The molecule has 0 spiro atoms. The average molecular weight is 150 g/mol. The van der Waals surface area contributed by atoms with E-state index in [9.17, 15) is 0 Å². The molecule has 0 bridgehead atoms. The monoisotopic (exact) mass is 150 g/mol. The molecule has 0 fully saturated rings. The van der Waals surface area contributed by atoms with Crippen molar-refractivity contribution < 1.29 is 4.74 Å². The van der Waals surface area contributed by atoms with Gasteiger partial charge in [-0.1, -0.05) is 0 Å². The Morgan fingerprint density at radius 2 is 2.55 bits per heavy atom. The second-order valence-electron chi connectivity index (χ2n) is 2.53. The van der Waals surface area contributed by atoms with E-state index in [0.29, 0.717) is 0 Å². The Morgan fingerprint density at radius 3 is 3.36 bits per heavy atom. The van der Waals surface area contributed by atoms with Crippen molar-refractivity contribution in [3.05, 3.63) is 17.8 Å². The van der Waals surface area contributed by atoms with E-state index in [0.717, 1.165) is 24.6 Å². The number of aromatic nitrogens is 1. The zero-order chi connectivity index (χ0) is 7.68. The van der Waals surface area contributed by atoms with Crippen LogP contribution in [-0.2, 0) is 6.42 Å². The molecule has 1 aliphatic rings. The number of hydrogen-bond donors (Lipinski definition) is 1. The van der Waals surface area contributed by atoms with Crippen molar-refractivity contribution in [2.45, 2.75) is 6.42 Å². The molecule has 0 aromatic carbocycles. The quantitative estimate of drug-likeness (QED) is 0.650. The maximum Gasteiger partial charge on any atom is 0.129 e. The number of ether oxygens (including phenoxy) is 1. The van der Waals surface area contributed by atoms with E-state index in [1.165, 1.54) is 5.56 Å². The summed E-state index contributed by atoms with van der Waals surface area (Å²) in [6.07, 6.45) is 2.86. The molecule has 2 rings (SSSR count). The number of fused-ring (bicyclic) bond motifs is 1. The molecule has 0 saturated heterocycles. The summed E-state index contributed by atoms with van der Waals surface area (Å²) in [5, 5.41) is 2.97. The third-order valence-corrected chi connectivity index (χ3v) is 1.83. The predicted molar refractivity (Wildman–Crippen MR) is 43.0 cm³/mol. The first-order chi connectivity index (χ1) is 5.40. The second kappa shape index (κ2) is 2.42. The van der Waals surface area contributed by atoms with Gasteiger partial charge in [0.15, 0.2) is 0 Å². The van der Waals surface area contributed by atoms with Gasteiger partial charge in [-0.3, -0.25) is 0 Å². The van der Waals surface area contributed by atoms with Crippen molar-refractivity contribution in [2.24, 2.45) is 0 Å². The Kier molecular flexibility index (Phi) is 1.42. The molecule has 58 valence electrons. The summed E-state index contributed by atoms with van der Waals surface area (Å²) in [4.78, 5) is 4.18. The Balaban J connectivity index is 2.41. The summed E-state index contributed by atoms with van der Waals surface area (Å²) >= 11 is 0. The van der Waals surface area contributed by atoms with Crippen LogP contribution in [0.2, 0.25) is 0 Å². The zero-order valence-electron chi connectivity index (χ0n) is 6.42. The van der Waals surface area contributed by atoms with Gasteiger partial charge < -0.3 is 10.1 Å². The van der Waals surface area contributed by atoms with Gasteiger partial charge in [0.2, 0.25) is 0 Å². The minimum Gasteiger partial charge on any atom is -0.493 e. The van der Waals surface area contributed by atoms with Gasteiger partial charge in [-0.25, -0.2) is 4.98 Å². The molecule has 3 heteroatoms. The fraction of sp³-hybridized carbons (Fsp3) is 0.375. The fourth-order valence-corrected chi connectivity index (χ4v) is 1.19. The van der Waals surface area contributed by atoms with Crippen LogP contribution in [0.25, 0.3) is 0 Å².